The zero-order valence-corrected chi connectivity index (χ0v) is 14.6. The fraction of sp³-hybridized carbons (Fsp3) is 0.550. The van der Waals surface area contributed by atoms with Crippen LogP contribution in [0.25, 0.3) is 0 Å². The van der Waals surface area contributed by atoms with Gasteiger partial charge in [-0.05, 0) is 69.7 Å². The van der Waals surface area contributed by atoms with Crippen molar-refractivity contribution in [1.82, 2.24) is 4.90 Å². The number of carbonyl (C=O) groups excluding carboxylic acids is 1. The lowest BCUT2D eigenvalue weighted by molar-refractivity contribution is -0.111. The number of carbonyl (C=O) groups is 1. The van der Waals surface area contributed by atoms with E-state index in [0.29, 0.717) is 0 Å². The molecule has 3 heteroatoms. The number of nitrogens with zero attached hydrogens (tertiary/aromatic N) is 1. The molecule has 1 aliphatic heterocycles. The highest BCUT2D eigenvalue weighted by atomic mass is 16.1. The van der Waals surface area contributed by atoms with Crippen LogP contribution in [0.2, 0.25) is 0 Å². The second-order valence-corrected chi connectivity index (χ2v) is 6.39. The minimum Gasteiger partial charge on any atom is -0.315 e. The highest BCUT2D eigenvalue weighted by Gasteiger charge is 2.19. The maximum Gasteiger partial charge on any atom is 0.300 e. The smallest absolute Gasteiger partial charge is 0.300 e. The van der Waals surface area contributed by atoms with Gasteiger partial charge in [0.1, 0.15) is 0 Å². The molecule has 1 saturated heterocycles. The molecule has 0 spiro atoms. The number of unbranched alkanes of at least 4 members (excludes halogenated alkanes) is 1. The topological polar surface area (TPSA) is 32.3 Å². The first-order valence-corrected chi connectivity index (χ1v) is 8.74. The number of nitrogens with one attached hydrogen (secondary N) is 1. The number of likely N-dealkylation sites (tertiary alicyclic amines) is 1. The molecule has 0 aromatic heterocycles. The van der Waals surface area contributed by atoms with E-state index >= 15 is 0 Å². The largest absolute Gasteiger partial charge is 0.315 e. The molecule has 1 heterocycles. The van der Waals surface area contributed by atoms with Gasteiger partial charge in [0.15, 0.2) is 0 Å². The van der Waals surface area contributed by atoms with Gasteiger partial charge in [-0.2, -0.15) is 0 Å². The van der Waals surface area contributed by atoms with E-state index in [-0.39, 0.29) is 11.9 Å². The summed E-state index contributed by atoms with van der Waals surface area (Å²) in [5.74, 6) is 5.82. The summed E-state index contributed by atoms with van der Waals surface area (Å²) in [5, 5.41) is 2.95. The Kier molecular flexibility index (Phi) is 6.67. The average molecular weight is 312 g/mol. The maximum atomic E-state index is 12.2. The Balaban J connectivity index is 2.00. The second kappa shape index (κ2) is 8.74. The van der Waals surface area contributed by atoms with E-state index in [0.717, 1.165) is 36.3 Å². The summed E-state index contributed by atoms with van der Waals surface area (Å²) in [4.78, 5) is 14.6. The number of hydrogen-bond donors (Lipinski definition) is 1. The van der Waals surface area contributed by atoms with Crippen molar-refractivity contribution >= 4 is 11.6 Å². The van der Waals surface area contributed by atoms with Crippen molar-refractivity contribution in [3.05, 3.63) is 29.3 Å². The molecule has 23 heavy (non-hydrogen) atoms. The predicted octanol–water partition coefficient (Wildman–Crippen LogP) is 3.90. The van der Waals surface area contributed by atoms with Crippen molar-refractivity contribution in [1.29, 1.82) is 0 Å². The standard InChI is InChI=1S/C20H28N2O/c1-4-5-14-22-15-7-6-11-18(22)12-13-19(23)21-20-16(2)9-8-10-17(20)3/h8-10,18H,4-7,11,14-15H2,1-3H3,(H,21,23)/t18-/m1/s1. The summed E-state index contributed by atoms with van der Waals surface area (Å²) in [5.41, 5.74) is 3.03. The zero-order valence-electron chi connectivity index (χ0n) is 14.6. The van der Waals surface area contributed by atoms with E-state index in [4.69, 9.17) is 0 Å². The highest BCUT2D eigenvalue weighted by molar-refractivity contribution is 6.04. The van der Waals surface area contributed by atoms with Gasteiger partial charge in [0.2, 0.25) is 0 Å². The highest BCUT2D eigenvalue weighted by Crippen LogP contribution is 2.19. The van der Waals surface area contributed by atoms with Crippen LogP contribution < -0.4 is 5.32 Å². The SMILES string of the molecule is CCCCN1CCCC[C@@H]1C#CC(=O)Nc1c(C)cccc1C. The first-order chi connectivity index (χ1) is 11.1. The molecule has 1 aliphatic rings. The Morgan fingerprint density at radius 3 is 2.74 bits per heavy atom. The van der Waals surface area contributed by atoms with Crippen LogP contribution in [0.3, 0.4) is 0 Å². The lowest BCUT2D eigenvalue weighted by atomic mass is 10.0. The Bertz CT molecular complexity index is 577. The van der Waals surface area contributed by atoms with E-state index in [1.54, 1.807) is 0 Å². The van der Waals surface area contributed by atoms with Gasteiger partial charge in [-0.25, -0.2) is 0 Å². The second-order valence-electron chi connectivity index (χ2n) is 6.39. The third-order valence-corrected chi connectivity index (χ3v) is 4.48. The average Bonchev–Trinajstić information content (AvgIpc) is 2.55. The first-order valence-electron chi connectivity index (χ1n) is 8.74. The van der Waals surface area contributed by atoms with Gasteiger partial charge in [-0.3, -0.25) is 9.69 Å². The summed E-state index contributed by atoms with van der Waals surface area (Å²) in [6, 6.07) is 6.24. The summed E-state index contributed by atoms with van der Waals surface area (Å²) in [7, 11) is 0. The number of hydrogen-bond acceptors (Lipinski definition) is 2. The van der Waals surface area contributed by atoms with Crippen molar-refractivity contribution in [2.45, 2.75) is 58.9 Å². The molecule has 1 aromatic rings. The van der Waals surface area contributed by atoms with E-state index in [1.165, 1.54) is 25.7 Å². The van der Waals surface area contributed by atoms with E-state index in [9.17, 15) is 4.79 Å². The summed E-state index contributed by atoms with van der Waals surface area (Å²) < 4.78 is 0. The van der Waals surface area contributed by atoms with Crippen LogP contribution in [0.5, 0.6) is 0 Å². The number of benzene rings is 1. The molecule has 1 N–H and O–H groups in total. The first kappa shape index (κ1) is 17.6. The van der Waals surface area contributed by atoms with Crippen LogP contribution in [0.1, 0.15) is 50.2 Å². The summed E-state index contributed by atoms with van der Waals surface area (Å²) >= 11 is 0. The van der Waals surface area contributed by atoms with E-state index in [1.807, 2.05) is 32.0 Å². The van der Waals surface area contributed by atoms with Crippen molar-refractivity contribution in [2.24, 2.45) is 0 Å². The molecule has 0 saturated carbocycles. The summed E-state index contributed by atoms with van der Waals surface area (Å²) in [6.07, 6.45) is 5.93. The van der Waals surface area contributed by atoms with Gasteiger partial charge < -0.3 is 5.32 Å². The monoisotopic (exact) mass is 312 g/mol. The molecule has 0 radical (unpaired) electrons. The van der Waals surface area contributed by atoms with Crippen molar-refractivity contribution in [3.8, 4) is 11.8 Å². The lowest BCUT2D eigenvalue weighted by Crippen LogP contribution is -2.39. The number of amides is 1. The predicted molar refractivity (Wildman–Crippen MR) is 96.4 cm³/mol. The molecule has 1 atom stereocenters. The van der Waals surface area contributed by atoms with E-state index in [2.05, 4.69) is 29.0 Å². The van der Waals surface area contributed by atoms with Gasteiger partial charge in [0, 0.05) is 5.69 Å². The molecular weight excluding hydrogens is 284 g/mol. The molecule has 1 fully saturated rings. The minimum absolute atomic E-state index is 0.205. The Morgan fingerprint density at radius 2 is 2.04 bits per heavy atom. The van der Waals surface area contributed by atoms with Gasteiger partial charge in [0.25, 0.3) is 5.91 Å². The lowest BCUT2D eigenvalue weighted by Gasteiger charge is -2.32. The minimum atomic E-state index is -0.205. The fourth-order valence-corrected chi connectivity index (χ4v) is 3.09. The molecule has 3 nitrogen and oxygen atoms in total. The third kappa shape index (κ3) is 5.11. The summed E-state index contributed by atoms with van der Waals surface area (Å²) in [6.45, 7) is 8.42. The number of aryl methyl sites for hydroxylation is 2. The number of anilines is 1. The number of rotatable bonds is 4. The molecule has 124 valence electrons. The number of para-hydroxylation sites is 1. The molecule has 0 bridgehead atoms. The van der Waals surface area contributed by atoms with Crippen LogP contribution in [-0.2, 0) is 4.79 Å². The van der Waals surface area contributed by atoms with Crippen molar-refractivity contribution in [3.63, 3.8) is 0 Å². The number of piperidine rings is 1. The van der Waals surface area contributed by atoms with Crippen LogP contribution in [-0.4, -0.2) is 29.9 Å². The third-order valence-electron chi connectivity index (χ3n) is 4.48. The molecule has 0 aliphatic carbocycles. The van der Waals surface area contributed by atoms with Gasteiger partial charge in [0.05, 0.1) is 6.04 Å². The maximum absolute atomic E-state index is 12.2. The van der Waals surface area contributed by atoms with Crippen LogP contribution in [0.15, 0.2) is 18.2 Å². The van der Waals surface area contributed by atoms with Gasteiger partial charge in [-0.15, -0.1) is 0 Å². The van der Waals surface area contributed by atoms with Gasteiger partial charge >= 0.3 is 0 Å². The molecule has 1 amide bonds. The Labute approximate surface area is 140 Å². The Hall–Kier alpha value is -1.79. The van der Waals surface area contributed by atoms with Crippen LogP contribution in [0.4, 0.5) is 5.69 Å². The van der Waals surface area contributed by atoms with E-state index < -0.39 is 0 Å². The molecule has 1 aromatic carbocycles. The van der Waals surface area contributed by atoms with Crippen LogP contribution >= 0.6 is 0 Å². The van der Waals surface area contributed by atoms with Crippen LogP contribution in [0, 0.1) is 25.7 Å². The molecule has 2 rings (SSSR count). The van der Waals surface area contributed by atoms with Crippen molar-refractivity contribution in [2.75, 3.05) is 18.4 Å². The van der Waals surface area contributed by atoms with Gasteiger partial charge in [-0.1, -0.05) is 37.5 Å². The zero-order chi connectivity index (χ0) is 16.7. The molecule has 0 unspecified atom stereocenters. The quantitative estimate of drug-likeness (QED) is 0.855. The molecular formula is C20H28N2O. The Morgan fingerprint density at radius 1 is 1.30 bits per heavy atom. The fourth-order valence-electron chi connectivity index (χ4n) is 3.09. The van der Waals surface area contributed by atoms with Crippen molar-refractivity contribution < 1.29 is 4.79 Å². The normalized spacial score (nSPS) is 18.1.